The van der Waals surface area contributed by atoms with E-state index in [1.807, 2.05) is 30.9 Å². The molecule has 1 aromatic carbocycles. The minimum absolute atomic E-state index is 0.0816. The molecule has 0 atom stereocenters. The normalized spacial score (nSPS) is 14.8. The fraction of sp³-hybridized carbons (Fsp3) is 0.391. The molecule has 158 valence electrons. The van der Waals surface area contributed by atoms with E-state index in [2.05, 4.69) is 40.6 Å². The predicted molar refractivity (Wildman–Crippen MR) is 117 cm³/mol. The summed E-state index contributed by atoms with van der Waals surface area (Å²) in [4.78, 5) is 18.7. The third-order valence-electron chi connectivity index (χ3n) is 5.51. The van der Waals surface area contributed by atoms with Gasteiger partial charge < -0.3 is 14.2 Å². The van der Waals surface area contributed by atoms with E-state index in [1.54, 1.807) is 11.3 Å². The molecule has 0 spiro atoms. The average molecular weight is 426 g/mol. The molecule has 4 rings (SSSR count). The molecule has 7 heteroatoms. The Hall–Kier alpha value is -2.64. The van der Waals surface area contributed by atoms with E-state index in [0.717, 1.165) is 36.5 Å². The molecule has 0 aliphatic carbocycles. The molecule has 1 amide bonds. The summed E-state index contributed by atoms with van der Waals surface area (Å²) >= 11 is 1.77. The lowest BCUT2D eigenvalue weighted by Crippen LogP contribution is -2.48. The van der Waals surface area contributed by atoms with Gasteiger partial charge >= 0.3 is 0 Å². The highest BCUT2D eigenvalue weighted by Crippen LogP contribution is 2.23. The molecule has 0 bridgehead atoms. The largest absolute Gasteiger partial charge is 0.488 e. The van der Waals surface area contributed by atoms with Gasteiger partial charge in [0.1, 0.15) is 18.1 Å². The van der Waals surface area contributed by atoms with E-state index in [0.29, 0.717) is 24.5 Å². The van der Waals surface area contributed by atoms with E-state index in [4.69, 9.17) is 9.26 Å². The zero-order valence-corrected chi connectivity index (χ0v) is 18.5. The molecule has 1 aliphatic rings. The summed E-state index contributed by atoms with van der Waals surface area (Å²) in [5.74, 6) is 1.35. The van der Waals surface area contributed by atoms with Crippen molar-refractivity contribution in [2.45, 2.75) is 33.9 Å². The Morgan fingerprint density at radius 1 is 1.17 bits per heavy atom. The Morgan fingerprint density at radius 3 is 2.67 bits per heavy atom. The summed E-state index contributed by atoms with van der Waals surface area (Å²) in [6.45, 7) is 10.2. The Balaban J connectivity index is 1.39. The first kappa shape index (κ1) is 20.6. The van der Waals surface area contributed by atoms with Gasteiger partial charge in [0.2, 0.25) is 0 Å². The SMILES string of the molecule is Cc1ccc(OCc2c(C(=O)N3CCN(Cc4cccs4)CC3)noc2C)c(C)c1. The van der Waals surface area contributed by atoms with Gasteiger partial charge in [0.05, 0.1) is 5.56 Å². The van der Waals surface area contributed by atoms with E-state index >= 15 is 0 Å². The first-order valence-electron chi connectivity index (χ1n) is 10.2. The summed E-state index contributed by atoms with van der Waals surface area (Å²) in [6, 6.07) is 10.3. The molecule has 0 unspecified atom stereocenters. The van der Waals surface area contributed by atoms with Crippen molar-refractivity contribution >= 4 is 17.2 Å². The number of carbonyl (C=O) groups is 1. The van der Waals surface area contributed by atoms with Crippen LogP contribution in [0.25, 0.3) is 0 Å². The molecule has 3 heterocycles. The van der Waals surface area contributed by atoms with Gasteiger partial charge in [-0.25, -0.2) is 0 Å². The van der Waals surface area contributed by atoms with Gasteiger partial charge in [-0.2, -0.15) is 0 Å². The average Bonchev–Trinajstić information content (AvgIpc) is 3.37. The maximum Gasteiger partial charge on any atom is 0.276 e. The Labute approximate surface area is 181 Å². The van der Waals surface area contributed by atoms with Crippen LogP contribution >= 0.6 is 11.3 Å². The summed E-state index contributed by atoms with van der Waals surface area (Å²) in [5, 5.41) is 6.16. The smallest absolute Gasteiger partial charge is 0.276 e. The molecule has 6 nitrogen and oxygen atoms in total. The van der Waals surface area contributed by atoms with Gasteiger partial charge in [-0.15, -0.1) is 11.3 Å². The van der Waals surface area contributed by atoms with Gasteiger partial charge in [0.25, 0.3) is 5.91 Å². The Kier molecular flexibility index (Phi) is 6.20. The van der Waals surface area contributed by atoms with Crippen LogP contribution < -0.4 is 4.74 Å². The first-order chi connectivity index (χ1) is 14.5. The van der Waals surface area contributed by atoms with Crippen LogP contribution in [0.4, 0.5) is 0 Å². The molecule has 0 N–H and O–H groups in total. The zero-order valence-electron chi connectivity index (χ0n) is 17.7. The number of piperazine rings is 1. The molecule has 1 aliphatic heterocycles. The molecule has 2 aromatic heterocycles. The fourth-order valence-corrected chi connectivity index (χ4v) is 4.47. The Bertz CT molecular complexity index is 1000. The number of hydrogen-bond acceptors (Lipinski definition) is 6. The number of aryl methyl sites for hydroxylation is 3. The molecular formula is C23H27N3O3S. The predicted octanol–water partition coefficient (Wildman–Crippen LogP) is 4.20. The summed E-state index contributed by atoms with van der Waals surface area (Å²) in [5.41, 5.74) is 3.35. The van der Waals surface area contributed by atoms with Gasteiger partial charge in [-0.1, -0.05) is 28.9 Å². The molecule has 0 radical (unpaired) electrons. The van der Waals surface area contributed by atoms with Crippen LogP contribution in [-0.2, 0) is 13.2 Å². The Morgan fingerprint density at radius 2 is 1.97 bits per heavy atom. The maximum atomic E-state index is 13.1. The number of hydrogen-bond donors (Lipinski definition) is 0. The first-order valence-corrected chi connectivity index (χ1v) is 11.1. The van der Waals surface area contributed by atoms with Crippen LogP contribution in [-0.4, -0.2) is 47.0 Å². The maximum absolute atomic E-state index is 13.1. The van der Waals surface area contributed by atoms with Crippen molar-refractivity contribution < 1.29 is 14.1 Å². The summed E-state index contributed by atoms with van der Waals surface area (Å²) < 4.78 is 11.3. The second kappa shape index (κ2) is 9.02. The van der Waals surface area contributed by atoms with Crippen LogP contribution in [0.1, 0.15) is 37.8 Å². The number of aromatic nitrogens is 1. The summed E-state index contributed by atoms with van der Waals surface area (Å²) in [7, 11) is 0. The van der Waals surface area contributed by atoms with E-state index < -0.39 is 0 Å². The standard InChI is InChI=1S/C23H27N3O3S/c1-16-6-7-21(17(2)13-16)28-15-20-18(3)29-24-22(20)23(27)26-10-8-25(9-11-26)14-19-5-4-12-30-19/h4-7,12-13H,8-11,14-15H2,1-3H3. The van der Waals surface area contributed by atoms with Crippen molar-refractivity contribution in [2.75, 3.05) is 26.2 Å². The van der Waals surface area contributed by atoms with Gasteiger partial charge in [-0.3, -0.25) is 9.69 Å². The number of amides is 1. The second-order valence-electron chi connectivity index (χ2n) is 7.77. The minimum atomic E-state index is -0.0816. The van der Waals surface area contributed by atoms with Crippen LogP contribution in [0.3, 0.4) is 0 Å². The van der Waals surface area contributed by atoms with Crippen molar-refractivity contribution in [3.8, 4) is 5.75 Å². The van der Waals surface area contributed by atoms with Crippen LogP contribution in [0.5, 0.6) is 5.75 Å². The van der Waals surface area contributed by atoms with E-state index in [9.17, 15) is 4.79 Å². The number of nitrogens with zero attached hydrogens (tertiary/aromatic N) is 3. The topological polar surface area (TPSA) is 58.8 Å². The highest BCUT2D eigenvalue weighted by atomic mass is 32.1. The van der Waals surface area contributed by atoms with Crippen LogP contribution in [0.2, 0.25) is 0 Å². The highest BCUT2D eigenvalue weighted by molar-refractivity contribution is 7.09. The van der Waals surface area contributed by atoms with Crippen molar-refractivity contribution in [2.24, 2.45) is 0 Å². The minimum Gasteiger partial charge on any atom is -0.488 e. The third-order valence-corrected chi connectivity index (χ3v) is 6.37. The lowest BCUT2D eigenvalue weighted by molar-refractivity contribution is 0.0617. The fourth-order valence-electron chi connectivity index (χ4n) is 3.72. The summed E-state index contributed by atoms with van der Waals surface area (Å²) in [6.07, 6.45) is 0. The second-order valence-corrected chi connectivity index (χ2v) is 8.80. The lowest BCUT2D eigenvalue weighted by atomic mass is 10.1. The van der Waals surface area contributed by atoms with E-state index in [-0.39, 0.29) is 12.5 Å². The molecule has 1 saturated heterocycles. The lowest BCUT2D eigenvalue weighted by Gasteiger charge is -2.34. The van der Waals surface area contributed by atoms with Gasteiger partial charge in [0.15, 0.2) is 5.69 Å². The molecule has 1 fully saturated rings. The van der Waals surface area contributed by atoms with Crippen molar-refractivity contribution in [3.05, 3.63) is 68.7 Å². The quantitative estimate of drug-likeness (QED) is 0.592. The van der Waals surface area contributed by atoms with Gasteiger partial charge in [-0.05, 0) is 43.8 Å². The molecular weight excluding hydrogens is 398 g/mol. The molecule has 30 heavy (non-hydrogen) atoms. The zero-order chi connectivity index (χ0) is 21.1. The molecule has 3 aromatic rings. The van der Waals surface area contributed by atoms with E-state index in [1.165, 1.54) is 10.4 Å². The third kappa shape index (κ3) is 4.57. The number of thiophene rings is 1. The van der Waals surface area contributed by atoms with Crippen LogP contribution in [0.15, 0.2) is 40.2 Å². The van der Waals surface area contributed by atoms with Crippen molar-refractivity contribution in [1.82, 2.24) is 15.0 Å². The van der Waals surface area contributed by atoms with Crippen molar-refractivity contribution in [3.63, 3.8) is 0 Å². The number of ether oxygens (including phenoxy) is 1. The highest BCUT2D eigenvalue weighted by Gasteiger charge is 2.28. The van der Waals surface area contributed by atoms with Crippen molar-refractivity contribution in [1.29, 1.82) is 0 Å². The number of benzene rings is 1. The molecule has 0 saturated carbocycles. The van der Waals surface area contributed by atoms with Crippen LogP contribution in [0, 0.1) is 20.8 Å². The number of rotatable bonds is 6. The monoisotopic (exact) mass is 425 g/mol. The van der Waals surface area contributed by atoms with Gasteiger partial charge in [0, 0.05) is 37.6 Å². The number of carbonyl (C=O) groups excluding carboxylic acids is 1.